The Morgan fingerprint density at radius 1 is 1.42 bits per heavy atom. The Morgan fingerprint density at radius 3 is 2.95 bits per heavy atom. The third-order valence-electron chi connectivity index (χ3n) is 3.40. The maximum Gasteiger partial charge on any atom is 0.289 e. The Balaban J connectivity index is 0.00000133. The van der Waals surface area contributed by atoms with Crippen LogP contribution in [0.2, 0.25) is 0 Å². The van der Waals surface area contributed by atoms with Crippen molar-refractivity contribution in [2.45, 2.75) is 13.0 Å². The van der Waals surface area contributed by atoms with E-state index in [4.69, 9.17) is 4.42 Å². The van der Waals surface area contributed by atoms with Crippen molar-refractivity contribution in [1.29, 1.82) is 0 Å². The van der Waals surface area contributed by atoms with Gasteiger partial charge in [-0.25, -0.2) is 0 Å². The van der Waals surface area contributed by atoms with Crippen molar-refractivity contribution >= 4 is 29.3 Å². The van der Waals surface area contributed by atoms with Crippen LogP contribution in [0.15, 0.2) is 34.7 Å². The maximum atomic E-state index is 12.4. The predicted octanol–water partition coefficient (Wildman–Crippen LogP) is 2.29. The summed E-state index contributed by atoms with van der Waals surface area (Å²) in [4.78, 5) is 14.3. The molecule has 1 aromatic heterocycles. The number of halogens is 1. The highest BCUT2D eigenvalue weighted by Crippen LogP contribution is 2.21. The molecule has 0 aliphatic carbocycles. The van der Waals surface area contributed by atoms with Crippen molar-refractivity contribution < 1.29 is 9.21 Å². The number of piperazine rings is 1. The lowest BCUT2D eigenvalue weighted by Crippen LogP contribution is -2.52. The lowest BCUT2D eigenvalue weighted by Gasteiger charge is -2.33. The third-order valence-corrected chi connectivity index (χ3v) is 3.40. The van der Waals surface area contributed by atoms with E-state index < -0.39 is 0 Å². The molecule has 19 heavy (non-hydrogen) atoms. The second kappa shape index (κ2) is 5.63. The third kappa shape index (κ3) is 2.60. The van der Waals surface area contributed by atoms with Crippen LogP contribution in [0.4, 0.5) is 0 Å². The first-order valence-electron chi connectivity index (χ1n) is 6.26. The first kappa shape index (κ1) is 13.9. The molecule has 0 spiro atoms. The summed E-state index contributed by atoms with van der Waals surface area (Å²) in [5.74, 6) is 0.421. The number of rotatable bonds is 1. The number of hydrogen-bond acceptors (Lipinski definition) is 3. The van der Waals surface area contributed by atoms with Crippen molar-refractivity contribution in [3.63, 3.8) is 0 Å². The monoisotopic (exact) mass is 280 g/mol. The van der Waals surface area contributed by atoms with Gasteiger partial charge in [0.25, 0.3) is 5.91 Å². The molecule has 1 atom stereocenters. The summed E-state index contributed by atoms with van der Waals surface area (Å²) in [7, 11) is 0. The van der Waals surface area contributed by atoms with E-state index in [0.29, 0.717) is 5.76 Å². The normalized spacial score (nSPS) is 19.2. The minimum atomic E-state index is -0.0137. The fourth-order valence-electron chi connectivity index (χ4n) is 2.37. The first-order valence-corrected chi connectivity index (χ1v) is 6.26. The molecule has 1 saturated heterocycles. The van der Waals surface area contributed by atoms with Crippen LogP contribution in [-0.4, -0.2) is 36.5 Å². The van der Waals surface area contributed by atoms with E-state index in [2.05, 4.69) is 5.32 Å². The second-order valence-electron chi connectivity index (χ2n) is 4.70. The predicted molar refractivity (Wildman–Crippen MR) is 76.8 cm³/mol. The maximum absolute atomic E-state index is 12.4. The molecule has 0 bridgehead atoms. The van der Waals surface area contributed by atoms with Crippen molar-refractivity contribution in [1.82, 2.24) is 10.2 Å². The van der Waals surface area contributed by atoms with Crippen LogP contribution in [0.5, 0.6) is 0 Å². The summed E-state index contributed by atoms with van der Waals surface area (Å²) in [6, 6.07) is 9.73. The van der Waals surface area contributed by atoms with Gasteiger partial charge in [-0.2, -0.15) is 0 Å². The Kier molecular flexibility index (Phi) is 4.12. The van der Waals surface area contributed by atoms with Crippen LogP contribution >= 0.6 is 12.4 Å². The summed E-state index contributed by atoms with van der Waals surface area (Å²) in [5, 5.41) is 4.25. The van der Waals surface area contributed by atoms with Gasteiger partial charge in [0.2, 0.25) is 0 Å². The summed E-state index contributed by atoms with van der Waals surface area (Å²) >= 11 is 0. The van der Waals surface area contributed by atoms with Gasteiger partial charge in [-0.3, -0.25) is 4.79 Å². The zero-order chi connectivity index (χ0) is 12.5. The number of nitrogens with zero attached hydrogens (tertiary/aromatic N) is 1. The van der Waals surface area contributed by atoms with Gasteiger partial charge in [0.15, 0.2) is 5.76 Å². The van der Waals surface area contributed by atoms with Crippen LogP contribution in [0.25, 0.3) is 11.0 Å². The van der Waals surface area contributed by atoms with Gasteiger partial charge >= 0.3 is 0 Å². The number of carbonyl (C=O) groups excluding carboxylic acids is 1. The van der Waals surface area contributed by atoms with E-state index in [9.17, 15) is 4.79 Å². The highest BCUT2D eigenvalue weighted by Gasteiger charge is 2.26. The number of hydrogen-bond donors (Lipinski definition) is 1. The van der Waals surface area contributed by atoms with E-state index in [-0.39, 0.29) is 24.4 Å². The lowest BCUT2D eigenvalue weighted by molar-refractivity contribution is 0.0625. The van der Waals surface area contributed by atoms with Crippen molar-refractivity contribution in [3.8, 4) is 0 Å². The molecule has 1 fully saturated rings. The molecule has 2 heterocycles. The molecule has 2 aromatic rings. The van der Waals surface area contributed by atoms with Crippen LogP contribution in [0.1, 0.15) is 17.5 Å². The standard InChI is InChI=1S/C14H16N2O2.ClH/c1-10-9-15-6-7-16(10)14(17)13-8-11-4-2-3-5-12(11)18-13;/h2-5,8,10,15H,6-7,9H2,1H3;1H/t10-;/m0./s1. The lowest BCUT2D eigenvalue weighted by atomic mass is 10.2. The van der Waals surface area contributed by atoms with E-state index in [1.54, 1.807) is 0 Å². The van der Waals surface area contributed by atoms with Crippen LogP contribution in [0.3, 0.4) is 0 Å². The zero-order valence-corrected chi connectivity index (χ0v) is 11.6. The molecular weight excluding hydrogens is 264 g/mol. The zero-order valence-electron chi connectivity index (χ0n) is 10.8. The fraction of sp³-hybridized carbons (Fsp3) is 0.357. The molecule has 1 amide bonds. The molecule has 0 radical (unpaired) electrons. The smallest absolute Gasteiger partial charge is 0.289 e. The molecule has 1 N–H and O–H groups in total. The molecule has 4 nitrogen and oxygen atoms in total. The molecule has 5 heteroatoms. The average molecular weight is 281 g/mol. The second-order valence-corrected chi connectivity index (χ2v) is 4.70. The summed E-state index contributed by atoms with van der Waals surface area (Å²) in [6.07, 6.45) is 0. The highest BCUT2D eigenvalue weighted by atomic mass is 35.5. The molecule has 3 rings (SSSR count). The number of fused-ring (bicyclic) bond motifs is 1. The van der Waals surface area contributed by atoms with E-state index in [1.165, 1.54) is 0 Å². The fourth-order valence-corrected chi connectivity index (χ4v) is 2.37. The largest absolute Gasteiger partial charge is 0.451 e. The quantitative estimate of drug-likeness (QED) is 0.872. The number of para-hydroxylation sites is 1. The number of nitrogens with one attached hydrogen (secondary N) is 1. The number of furan rings is 1. The molecule has 0 unspecified atom stereocenters. The summed E-state index contributed by atoms with van der Waals surface area (Å²) < 4.78 is 5.62. The molecule has 102 valence electrons. The Hall–Kier alpha value is -1.52. The molecule has 1 aliphatic heterocycles. The van der Waals surface area contributed by atoms with Gasteiger partial charge in [0.1, 0.15) is 5.58 Å². The van der Waals surface area contributed by atoms with Gasteiger partial charge in [-0.15, -0.1) is 12.4 Å². The van der Waals surface area contributed by atoms with Crippen molar-refractivity contribution in [2.75, 3.05) is 19.6 Å². The number of amides is 1. The van der Waals surface area contributed by atoms with Crippen LogP contribution in [0, 0.1) is 0 Å². The molecule has 1 aliphatic rings. The van der Waals surface area contributed by atoms with Gasteiger partial charge in [-0.05, 0) is 19.1 Å². The molecule has 1 aromatic carbocycles. The van der Waals surface area contributed by atoms with Gasteiger partial charge in [0.05, 0.1) is 0 Å². The summed E-state index contributed by atoms with van der Waals surface area (Å²) in [6.45, 7) is 4.46. The van der Waals surface area contributed by atoms with Crippen LogP contribution in [-0.2, 0) is 0 Å². The van der Waals surface area contributed by atoms with Gasteiger partial charge < -0.3 is 14.6 Å². The van der Waals surface area contributed by atoms with Gasteiger partial charge in [-0.1, -0.05) is 18.2 Å². The molecular formula is C14H17ClN2O2. The van der Waals surface area contributed by atoms with Crippen LogP contribution < -0.4 is 5.32 Å². The topological polar surface area (TPSA) is 45.5 Å². The number of benzene rings is 1. The summed E-state index contributed by atoms with van der Waals surface area (Å²) in [5.41, 5.74) is 0.767. The van der Waals surface area contributed by atoms with Gasteiger partial charge in [0, 0.05) is 31.1 Å². The Morgan fingerprint density at radius 2 is 2.21 bits per heavy atom. The molecule has 0 saturated carbocycles. The SMILES string of the molecule is C[C@H]1CNCCN1C(=O)c1cc2ccccc2o1.Cl. The average Bonchev–Trinajstić information content (AvgIpc) is 2.82. The van der Waals surface area contributed by atoms with E-state index >= 15 is 0 Å². The van der Waals surface area contributed by atoms with E-state index in [1.807, 2.05) is 42.2 Å². The minimum Gasteiger partial charge on any atom is -0.451 e. The van der Waals surface area contributed by atoms with Crippen molar-refractivity contribution in [3.05, 3.63) is 36.1 Å². The Labute approximate surface area is 118 Å². The minimum absolute atomic E-state index is 0. The van der Waals surface area contributed by atoms with Crippen molar-refractivity contribution in [2.24, 2.45) is 0 Å². The first-order chi connectivity index (χ1) is 8.75. The Bertz CT molecular complexity index is 549. The number of carbonyl (C=O) groups is 1. The van der Waals surface area contributed by atoms with E-state index in [0.717, 1.165) is 30.6 Å². The highest BCUT2D eigenvalue weighted by molar-refractivity contribution is 5.96.